The molecule has 0 saturated heterocycles. The van der Waals surface area contributed by atoms with Crippen molar-refractivity contribution in [3.8, 4) is 0 Å². The summed E-state index contributed by atoms with van der Waals surface area (Å²) in [6.07, 6.45) is 1.55. The molecule has 0 bridgehead atoms. The number of ketones is 1. The number of carbonyl (C=O) groups excluding carboxylic acids is 2. The molecule has 0 saturated carbocycles. The average Bonchev–Trinajstić information content (AvgIpc) is 2.47. The van der Waals surface area contributed by atoms with Gasteiger partial charge in [0.05, 0.1) is 10.0 Å². The predicted octanol–water partition coefficient (Wildman–Crippen LogP) is 3.71. The van der Waals surface area contributed by atoms with E-state index in [9.17, 15) is 9.59 Å². The van der Waals surface area contributed by atoms with Crippen LogP contribution >= 0.6 is 15.9 Å². The Bertz CT molecular complexity index is 714. The van der Waals surface area contributed by atoms with Gasteiger partial charge in [0.15, 0.2) is 5.78 Å². The normalized spacial score (nSPS) is 17.0. The van der Waals surface area contributed by atoms with Gasteiger partial charge in [-0.15, -0.1) is 0 Å². The summed E-state index contributed by atoms with van der Waals surface area (Å²) in [5.41, 5.74) is 3.14. The highest BCUT2D eigenvalue weighted by atomic mass is 79.9. The Morgan fingerprint density at radius 3 is 2.57 bits per heavy atom. The lowest BCUT2D eigenvalue weighted by molar-refractivity contribution is -0.111. The zero-order chi connectivity index (χ0) is 15.6. The Hall–Kier alpha value is -2.01. The SMILES string of the molecule is CC1=C(C)/C(=N\OC(=O)c2cccc(C)c2)C=C(Br)C1=O. The number of oxime groups is 1. The Morgan fingerprint density at radius 2 is 1.90 bits per heavy atom. The number of allylic oxidation sites excluding steroid dienone is 4. The maximum absolute atomic E-state index is 11.9. The lowest BCUT2D eigenvalue weighted by atomic mass is 9.97. The number of hydrogen-bond donors (Lipinski definition) is 0. The summed E-state index contributed by atoms with van der Waals surface area (Å²) in [6.45, 7) is 5.37. The molecule has 2 rings (SSSR count). The van der Waals surface area contributed by atoms with Crippen molar-refractivity contribution < 1.29 is 14.4 Å². The monoisotopic (exact) mass is 347 g/mol. The van der Waals surface area contributed by atoms with Crippen molar-refractivity contribution in [3.05, 3.63) is 57.1 Å². The zero-order valence-electron chi connectivity index (χ0n) is 11.9. The average molecular weight is 348 g/mol. The Kier molecular flexibility index (Phi) is 4.53. The van der Waals surface area contributed by atoms with Crippen LogP contribution in [-0.4, -0.2) is 17.5 Å². The third kappa shape index (κ3) is 3.36. The van der Waals surface area contributed by atoms with Crippen molar-refractivity contribution in [2.24, 2.45) is 5.16 Å². The van der Waals surface area contributed by atoms with Gasteiger partial charge in [0, 0.05) is 5.57 Å². The van der Waals surface area contributed by atoms with Crippen LogP contribution in [0.5, 0.6) is 0 Å². The third-order valence-electron chi connectivity index (χ3n) is 3.25. The Labute approximate surface area is 131 Å². The molecule has 0 fully saturated rings. The van der Waals surface area contributed by atoms with E-state index >= 15 is 0 Å². The zero-order valence-corrected chi connectivity index (χ0v) is 13.5. The topological polar surface area (TPSA) is 55.7 Å². The maximum Gasteiger partial charge on any atom is 0.365 e. The fourth-order valence-corrected chi connectivity index (χ4v) is 2.36. The van der Waals surface area contributed by atoms with Crippen molar-refractivity contribution in [3.63, 3.8) is 0 Å². The fraction of sp³-hybridized carbons (Fsp3) is 0.188. The highest BCUT2D eigenvalue weighted by Gasteiger charge is 2.21. The number of hydrogen-bond acceptors (Lipinski definition) is 4. The number of Topliss-reactive ketones (excluding diaryl/α,β-unsaturated/α-hetero) is 1. The van der Waals surface area contributed by atoms with Crippen LogP contribution in [0.4, 0.5) is 0 Å². The fourth-order valence-electron chi connectivity index (χ4n) is 1.85. The number of aryl methyl sites for hydroxylation is 1. The van der Waals surface area contributed by atoms with Gasteiger partial charge in [-0.1, -0.05) is 22.9 Å². The summed E-state index contributed by atoms with van der Waals surface area (Å²) in [5, 5.41) is 3.86. The van der Waals surface area contributed by atoms with Crippen LogP contribution in [0.2, 0.25) is 0 Å². The van der Waals surface area contributed by atoms with E-state index in [1.165, 1.54) is 0 Å². The summed E-state index contributed by atoms with van der Waals surface area (Å²) in [5.74, 6) is -0.616. The van der Waals surface area contributed by atoms with Crippen LogP contribution in [0.3, 0.4) is 0 Å². The molecule has 21 heavy (non-hydrogen) atoms. The minimum absolute atomic E-state index is 0.0866. The number of halogens is 1. The van der Waals surface area contributed by atoms with Crippen molar-refractivity contribution in [1.29, 1.82) is 0 Å². The first-order valence-electron chi connectivity index (χ1n) is 6.36. The first-order chi connectivity index (χ1) is 9.90. The molecule has 0 spiro atoms. The quantitative estimate of drug-likeness (QED) is 0.465. The molecule has 0 amide bonds. The molecule has 0 aliphatic heterocycles. The second-order valence-electron chi connectivity index (χ2n) is 4.80. The minimum atomic E-state index is -0.530. The molecule has 1 aliphatic rings. The molecule has 1 aliphatic carbocycles. The summed E-state index contributed by atoms with van der Waals surface area (Å²) >= 11 is 3.18. The molecule has 0 radical (unpaired) electrons. The van der Waals surface area contributed by atoms with Crippen LogP contribution in [0.15, 0.2) is 51.1 Å². The van der Waals surface area contributed by atoms with Crippen LogP contribution in [0.1, 0.15) is 29.8 Å². The van der Waals surface area contributed by atoms with Crippen LogP contribution in [0, 0.1) is 6.92 Å². The van der Waals surface area contributed by atoms with Gasteiger partial charge in [-0.25, -0.2) is 4.79 Å². The summed E-state index contributed by atoms with van der Waals surface area (Å²) in [4.78, 5) is 28.6. The molecule has 4 nitrogen and oxygen atoms in total. The van der Waals surface area contributed by atoms with E-state index in [-0.39, 0.29) is 5.78 Å². The van der Waals surface area contributed by atoms with E-state index in [0.717, 1.165) is 5.56 Å². The van der Waals surface area contributed by atoms with Crippen molar-refractivity contribution in [1.82, 2.24) is 0 Å². The third-order valence-corrected chi connectivity index (χ3v) is 3.84. The molecule has 5 heteroatoms. The van der Waals surface area contributed by atoms with E-state index in [1.807, 2.05) is 13.0 Å². The molecular weight excluding hydrogens is 334 g/mol. The summed E-state index contributed by atoms with van der Waals surface area (Å²) in [6, 6.07) is 7.07. The van der Waals surface area contributed by atoms with Gasteiger partial charge in [-0.2, -0.15) is 0 Å². The van der Waals surface area contributed by atoms with Gasteiger partial charge >= 0.3 is 5.97 Å². The highest BCUT2D eigenvalue weighted by molar-refractivity contribution is 9.12. The van der Waals surface area contributed by atoms with Gasteiger partial charge < -0.3 is 4.84 Å². The second kappa shape index (κ2) is 6.18. The lowest BCUT2D eigenvalue weighted by Crippen LogP contribution is -2.15. The molecule has 108 valence electrons. The number of benzene rings is 1. The van der Waals surface area contributed by atoms with E-state index in [2.05, 4.69) is 21.1 Å². The van der Waals surface area contributed by atoms with Gasteiger partial charge in [-0.05, 0) is 60.5 Å². The Morgan fingerprint density at radius 1 is 1.19 bits per heavy atom. The maximum atomic E-state index is 11.9. The standard InChI is InChI=1S/C16H14BrNO3/c1-9-5-4-6-12(7-9)16(20)21-18-14-8-13(17)15(19)11(3)10(14)2/h4-8H,1-3H3/b18-14-. The van der Waals surface area contributed by atoms with Crippen molar-refractivity contribution >= 4 is 33.4 Å². The van der Waals surface area contributed by atoms with Gasteiger partial charge in [0.1, 0.15) is 5.71 Å². The highest BCUT2D eigenvalue weighted by Crippen LogP contribution is 2.23. The van der Waals surface area contributed by atoms with Crippen LogP contribution < -0.4 is 0 Å². The molecule has 0 atom stereocenters. The predicted molar refractivity (Wildman–Crippen MR) is 84.4 cm³/mol. The molecule has 0 N–H and O–H groups in total. The van der Waals surface area contributed by atoms with Crippen molar-refractivity contribution in [2.75, 3.05) is 0 Å². The van der Waals surface area contributed by atoms with E-state index in [4.69, 9.17) is 4.84 Å². The number of rotatable bonds is 2. The number of nitrogens with zero attached hydrogens (tertiary/aromatic N) is 1. The summed E-state index contributed by atoms with van der Waals surface area (Å²) in [7, 11) is 0. The molecule has 1 aromatic carbocycles. The molecular formula is C16H14BrNO3. The minimum Gasteiger partial charge on any atom is -0.312 e. The first-order valence-corrected chi connectivity index (χ1v) is 7.15. The second-order valence-corrected chi connectivity index (χ2v) is 5.65. The van der Waals surface area contributed by atoms with Crippen LogP contribution in [0.25, 0.3) is 0 Å². The first kappa shape index (κ1) is 15.4. The lowest BCUT2D eigenvalue weighted by Gasteiger charge is -2.12. The van der Waals surface area contributed by atoms with E-state index in [1.54, 1.807) is 38.1 Å². The smallest absolute Gasteiger partial charge is 0.312 e. The molecule has 1 aromatic rings. The molecule has 0 unspecified atom stereocenters. The van der Waals surface area contributed by atoms with Crippen molar-refractivity contribution in [2.45, 2.75) is 20.8 Å². The van der Waals surface area contributed by atoms with E-state index in [0.29, 0.717) is 26.9 Å². The van der Waals surface area contributed by atoms with E-state index < -0.39 is 5.97 Å². The van der Waals surface area contributed by atoms with Gasteiger partial charge in [-0.3, -0.25) is 4.79 Å². The molecule has 0 heterocycles. The van der Waals surface area contributed by atoms with Crippen LogP contribution in [-0.2, 0) is 9.63 Å². The molecule has 0 aromatic heterocycles. The Balaban J connectivity index is 2.22. The van der Waals surface area contributed by atoms with Gasteiger partial charge in [0.25, 0.3) is 0 Å². The number of carbonyl (C=O) groups is 2. The summed E-state index contributed by atoms with van der Waals surface area (Å²) < 4.78 is 0.399. The van der Waals surface area contributed by atoms with Gasteiger partial charge in [0.2, 0.25) is 0 Å². The largest absolute Gasteiger partial charge is 0.365 e.